The molecule has 0 saturated carbocycles. The van der Waals surface area contributed by atoms with Crippen LogP contribution in [0.5, 0.6) is 5.75 Å². The van der Waals surface area contributed by atoms with Crippen LogP contribution in [0.15, 0.2) is 60.8 Å². The number of halogens is 2. The predicted octanol–water partition coefficient (Wildman–Crippen LogP) is 4.11. The molecule has 15 nitrogen and oxygen atoms in total. The molecule has 0 unspecified atom stereocenters. The molecule has 2 aromatic carbocycles. The molecule has 2 fully saturated rings. The molecule has 0 spiro atoms. The first-order valence-electron chi connectivity index (χ1n) is 19.4. The summed E-state index contributed by atoms with van der Waals surface area (Å²) in [5, 5.41) is 25.6. The summed E-state index contributed by atoms with van der Waals surface area (Å²) in [7, 11) is 1.53. The van der Waals surface area contributed by atoms with E-state index in [9.17, 15) is 33.1 Å². The molecule has 4 aromatic rings. The Morgan fingerprint density at radius 3 is 2.51 bits per heavy atom. The quantitative estimate of drug-likeness (QED) is 0.131. The first-order chi connectivity index (χ1) is 28.1. The van der Waals surface area contributed by atoms with E-state index in [-0.39, 0.29) is 43.5 Å². The van der Waals surface area contributed by atoms with E-state index in [2.05, 4.69) is 36.0 Å². The Hall–Kier alpha value is -5.94. The van der Waals surface area contributed by atoms with Crippen LogP contribution in [-0.2, 0) is 25.7 Å². The number of rotatable bonds is 13. The number of aliphatic hydroxyl groups is 1. The SMILES string of the molecule is COc1cc(N2CCC(OCC(=O)N[C@H](C(=O)N3C[C@H](O)C[C@H]3C(=O)NCc3ccc(F)c(F)c3C)C(C)(C)C)CC2)ccc1NC(=O)c1cccc(-c2ccn[nH]2)n1. The lowest BCUT2D eigenvalue weighted by molar-refractivity contribution is -0.145. The molecule has 59 heavy (non-hydrogen) atoms. The van der Waals surface area contributed by atoms with Gasteiger partial charge in [0.1, 0.15) is 30.1 Å². The van der Waals surface area contributed by atoms with Crippen LogP contribution in [0.25, 0.3) is 11.4 Å². The van der Waals surface area contributed by atoms with E-state index in [0.717, 1.165) is 11.8 Å². The number of aromatic nitrogens is 3. The minimum Gasteiger partial charge on any atom is -0.494 e. The Balaban J connectivity index is 0.996. The molecule has 2 aliphatic heterocycles. The van der Waals surface area contributed by atoms with E-state index in [0.29, 0.717) is 54.3 Å². The highest BCUT2D eigenvalue weighted by molar-refractivity contribution is 6.04. The topological polar surface area (TPSA) is 191 Å². The molecule has 5 N–H and O–H groups in total. The van der Waals surface area contributed by atoms with Crippen molar-refractivity contribution in [2.24, 2.45) is 5.41 Å². The number of likely N-dealkylation sites (tertiary alicyclic amines) is 1. The van der Waals surface area contributed by atoms with E-state index in [1.165, 1.54) is 25.0 Å². The van der Waals surface area contributed by atoms with Crippen molar-refractivity contribution in [2.45, 2.75) is 77.8 Å². The molecule has 17 heteroatoms. The molecule has 0 radical (unpaired) electrons. The molecule has 2 aromatic heterocycles. The maximum atomic E-state index is 14.1. The van der Waals surface area contributed by atoms with E-state index >= 15 is 0 Å². The van der Waals surface area contributed by atoms with Crippen LogP contribution in [0.4, 0.5) is 20.2 Å². The number of benzene rings is 2. The maximum absolute atomic E-state index is 14.1. The molecule has 2 saturated heterocycles. The summed E-state index contributed by atoms with van der Waals surface area (Å²) >= 11 is 0. The third-order valence-electron chi connectivity index (χ3n) is 10.6. The second-order valence-corrected chi connectivity index (χ2v) is 15.8. The van der Waals surface area contributed by atoms with E-state index in [1.807, 2.05) is 12.1 Å². The fraction of sp³-hybridized carbons (Fsp3) is 0.429. The number of piperidine rings is 1. The van der Waals surface area contributed by atoms with E-state index < -0.39 is 58.9 Å². The van der Waals surface area contributed by atoms with Crippen LogP contribution < -0.4 is 25.6 Å². The first-order valence-corrected chi connectivity index (χ1v) is 19.4. The summed E-state index contributed by atoms with van der Waals surface area (Å²) in [4.78, 5) is 61.5. The van der Waals surface area contributed by atoms with Crippen LogP contribution in [-0.4, -0.2) is 106 Å². The van der Waals surface area contributed by atoms with Gasteiger partial charge in [0.25, 0.3) is 5.91 Å². The monoisotopic (exact) mass is 816 g/mol. The predicted molar refractivity (Wildman–Crippen MR) is 214 cm³/mol. The van der Waals surface area contributed by atoms with Gasteiger partial charge in [0.15, 0.2) is 11.6 Å². The van der Waals surface area contributed by atoms with Crippen molar-refractivity contribution in [3.63, 3.8) is 0 Å². The molecule has 314 valence electrons. The van der Waals surface area contributed by atoms with Gasteiger partial charge in [-0.25, -0.2) is 13.8 Å². The Morgan fingerprint density at radius 2 is 1.81 bits per heavy atom. The van der Waals surface area contributed by atoms with Crippen molar-refractivity contribution in [1.82, 2.24) is 30.7 Å². The zero-order chi connectivity index (χ0) is 42.4. The van der Waals surface area contributed by atoms with Gasteiger partial charge in [-0.05, 0) is 72.7 Å². The maximum Gasteiger partial charge on any atom is 0.274 e. The molecule has 0 bridgehead atoms. The lowest BCUT2D eigenvalue weighted by Crippen LogP contribution is -2.58. The fourth-order valence-corrected chi connectivity index (χ4v) is 7.26. The second-order valence-electron chi connectivity index (χ2n) is 15.8. The molecule has 0 aliphatic carbocycles. The third-order valence-corrected chi connectivity index (χ3v) is 10.6. The van der Waals surface area contributed by atoms with Crippen molar-refractivity contribution < 1.29 is 42.5 Å². The van der Waals surface area contributed by atoms with Gasteiger partial charge in [-0.15, -0.1) is 0 Å². The molecular formula is C42H50F2N8O7. The van der Waals surface area contributed by atoms with Gasteiger partial charge in [0.05, 0.1) is 36.4 Å². The number of nitrogens with zero attached hydrogens (tertiary/aromatic N) is 4. The number of anilines is 2. The summed E-state index contributed by atoms with van der Waals surface area (Å²) in [5.41, 5.74) is 2.55. The number of amides is 4. The van der Waals surface area contributed by atoms with Gasteiger partial charge in [0.2, 0.25) is 17.7 Å². The minimum absolute atomic E-state index is 0.0189. The average Bonchev–Trinajstić information content (AvgIpc) is 3.91. The van der Waals surface area contributed by atoms with Crippen LogP contribution in [0, 0.1) is 24.0 Å². The van der Waals surface area contributed by atoms with Crippen molar-refractivity contribution in [3.8, 4) is 17.1 Å². The molecule has 3 atom stereocenters. The number of β-amino-alcohol motifs (C(OH)–C–C–N with tert-alkyl or cyclic N) is 1. The average molecular weight is 817 g/mol. The van der Waals surface area contributed by atoms with Gasteiger partial charge in [-0.2, -0.15) is 5.10 Å². The second kappa shape index (κ2) is 18.3. The van der Waals surface area contributed by atoms with Gasteiger partial charge in [-0.3, -0.25) is 24.3 Å². The third kappa shape index (κ3) is 10.2. The zero-order valence-electron chi connectivity index (χ0n) is 33.7. The van der Waals surface area contributed by atoms with Crippen molar-refractivity contribution in [3.05, 3.63) is 89.2 Å². The van der Waals surface area contributed by atoms with Gasteiger partial charge < -0.3 is 40.3 Å². The number of pyridine rings is 1. The normalized spacial score (nSPS) is 17.7. The lowest BCUT2D eigenvalue weighted by Gasteiger charge is -2.36. The summed E-state index contributed by atoms with van der Waals surface area (Å²) in [6, 6.07) is 12.7. The number of aliphatic hydroxyl groups excluding tert-OH is 1. The summed E-state index contributed by atoms with van der Waals surface area (Å²) in [5.74, 6) is -3.50. The lowest BCUT2D eigenvalue weighted by atomic mass is 9.85. The molecule has 4 amide bonds. The number of methoxy groups -OCH3 is 1. The number of H-pyrrole nitrogens is 1. The highest BCUT2D eigenvalue weighted by Crippen LogP contribution is 2.32. The number of aromatic amines is 1. The Bertz CT molecular complexity index is 2150. The summed E-state index contributed by atoms with van der Waals surface area (Å²) < 4.78 is 39.3. The minimum atomic E-state index is -1.04. The molecule has 6 rings (SSSR count). The highest BCUT2D eigenvalue weighted by atomic mass is 19.2. The van der Waals surface area contributed by atoms with E-state index in [4.69, 9.17) is 9.47 Å². The van der Waals surface area contributed by atoms with Crippen molar-refractivity contribution in [2.75, 3.05) is 43.6 Å². The number of hydrogen-bond acceptors (Lipinski definition) is 10. The number of carbonyl (C=O) groups excluding carboxylic acids is 4. The summed E-state index contributed by atoms with van der Waals surface area (Å²) in [6.45, 7) is 7.53. The first kappa shape index (κ1) is 42.7. The van der Waals surface area contributed by atoms with Crippen LogP contribution in [0.1, 0.15) is 61.6 Å². The Kier molecular flexibility index (Phi) is 13.3. The van der Waals surface area contributed by atoms with Crippen molar-refractivity contribution in [1.29, 1.82) is 0 Å². The molecular weight excluding hydrogens is 767 g/mol. The number of carbonyl (C=O) groups is 4. The molecule has 2 aliphatic rings. The van der Waals surface area contributed by atoms with Crippen LogP contribution in [0.3, 0.4) is 0 Å². The van der Waals surface area contributed by atoms with Gasteiger partial charge in [0, 0.05) is 50.6 Å². The van der Waals surface area contributed by atoms with Crippen LogP contribution >= 0.6 is 0 Å². The zero-order valence-corrected chi connectivity index (χ0v) is 33.7. The van der Waals surface area contributed by atoms with Crippen LogP contribution in [0.2, 0.25) is 0 Å². The van der Waals surface area contributed by atoms with Crippen molar-refractivity contribution >= 4 is 35.0 Å². The summed E-state index contributed by atoms with van der Waals surface area (Å²) in [6.07, 6.45) is 1.66. The molecule has 4 heterocycles. The standard InChI is InChI=1S/C42H50F2N8O7/c1-24-25(9-11-29(43)37(24)44)21-45-40(56)34-20-27(53)22-52(34)41(57)38(42(2,3)4)49-36(54)23-59-28-14-17-51(18-15-28)26-10-12-32(35(19-26)58-5)48-39(55)33-8-6-7-30(47-33)31-13-16-46-50-31/h6-13,16,19,27-28,34,38,53H,14-15,17-18,20-23H2,1-5H3,(H,45,56)(H,46,50)(H,48,55)(H,49,54)/t27-,34+,38-/m1/s1. The number of ether oxygens (including phenoxy) is 2. The number of nitrogens with one attached hydrogen (secondary N) is 4. The smallest absolute Gasteiger partial charge is 0.274 e. The Morgan fingerprint density at radius 1 is 1.05 bits per heavy atom. The number of hydrogen-bond donors (Lipinski definition) is 5. The van der Waals surface area contributed by atoms with Gasteiger partial charge >= 0.3 is 0 Å². The fourth-order valence-electron chi connectivity index (χ4n) is 7.26. The van der Waals surface area contributed by atoms with Gasteiger partial charge in [-0.1, -0.05) is 32.9 Å². The largest absolute Gasteiger partial charge is 0.494 e. The highest BCUT2D eigenvalue weighted by Gasteiger charge is 2.44. The Labute approximate surface area is 340 Å². The van der Waals surface area contributed by atoms with E-state index in [1.54, 1.807) is 57.3 Å².